The van der Waals surface area contributed by atoms with Crippen LogP contribution in [-0.2, 0) is 20.7 Å². The van der Waals surface area contributed by atoms with Gasteiger partial charge in [-0.3, -0.25) is 9.59 Å². The fourth-order valence-corrected chi connectivity index (χ4v) is 1.72. The molecule has 0 bridgehead atoms. The number of methoxy groups -OCH3 is 1. The number of hydrogen-bond acceptors (Lipinski definition) is 6. The minimum Gasteiger partial charge on any atom is -0.482 e. The molecule has 0 aliphatic heterocycles. The van der Waals surface area contributed by atoms with Crippen molar-refractivity contribution in [3.05, 3.63) is 48.6 Å². The lowest BCUT2D eigenvalue weighted by atomic mass is 10.0. The molecule has 138 valence electrons. The number of nitrogens with one attached hydrogen (secondary N) is 2. The number of hydrogen-bond donors (Lipinski definition) is 4. The van der Waals surface area contributed by atoms with Crippen molar-refractivity contribution in [1.82, 2.24) is 10.7 Å². The van der Waals surface area contributed by atoms with Gasteiger partial charge in [0, 0.05) is 6.04 Å². The first-order chi connectivity index (χ1) is 12.0. The van der Waals surface area contributed by atoms with E-state index in [-0.39, 0.29) is 12.4 Å². The van der Waals surface area contributed by atoms with Crippen molar-refractivity contribution in [2.24, 2.45) is 10.8 Å². The van der Waals surface area contributed by atoms with Gasteiger partial charge in [0.05, 0.1) is 13.7 Å². The highest BCUT2D eigenvalue weighted by Gasteiger charge is 2.23. The van der Waals surface area contributed by atoms with E-state index >= 15 is 0 Å². The Bertz CT molecular complexity index is 549. The van der Waals surface area contributed by atoms with Gasteiger partial charge in [-0.05, 0) is 18.9 Å². The Morgan fingerprint density at radius 2 is 2.04 bits per heavy atom. The summed E-state index contributed by atoms with van der Waals surface area (Å²) in [5.74, 6) is -0.552. The van der Waals surface area contributed by atoms with Crippen LogP contribution in [0.2, 0.25) is 0 Å². The van der Waals surface area contributed by atoms with Crippen molar-refractivity contribution in [2.45, 2.75) is 25.5 Å². The van der Waals surface area contributed by atoms with Crippen LogP contribution in [0.4, 0.5) is 0 Å². The largest absolute Gasteiger partial charge is 0.482 e. The van der Waals surface area contributed by atoms with Gasteiger partial charge in [0.25, 0.3) is 5.91 Å². The molecule has 2 atom stereocenters. The van der Waals surface area contributed by atoms with Gasteiger partial charge in [0.2, 0.25) is 12.3 Å². The van der Waals surface area contributed by atoms with Crippen molar-refractivity contribution in [1.29, 1.82) is 0 Å². The number of aliphatic hydroxyl groups is 1. The monoisotopic (exact) mass is 350 g/mol. The molecule has 1 rings (SSSR count). The number of nitrogens with zero attached hydrogens (tertiary/aromatic N) is 1. The highest BCUT2D eigenvalue weighted by Crippen LogP contribution is 2.04. The first-order valence-corrected chi connectivity index (χ1v) is 7.62. The number of carbonyl (C=O) groups excluding carboxylic acids is 2. The van der Waals surface area contributed by atoms with Gasteiger partial charge < -0.3 is 20.9 Å². The zero-order valence-electron chi connectivity index (χ0n) is 14.5. The van der Waals surface area contributed by atoms with Crippen LogP contribution in [0, 0.1) is 0 Å². The standard InChI is InChI=1S/C14H20N4O4.C3H6/c1-22-12(18-17-9-19)8-16-14(21)13(20)11(15)7-10-5-3-2-4-6-10;1-3-2/h2-6,9,11,13,20H,7-8,15H2,1H3,(H,16,21)(H,17,19);3H,1H2,2H3/b18-12-;/t11?,13-;/m0./s1. The third kappa shape index (κ3) is 9.90. The second-order valence-corrected chi connectivity index (χ2v) is 4.88. The van der Waals surface area contributed by atoms with Gasteiger partial charge in [-0.1, -0.05) is 36.4 Å². The van der Waals surface area contributed by atoms with Gasteiger partial charge in [0.15, 0.2) is 0 Å². The van der Waals surface area contributed by atoms with E-state index in [9.17, 15) is 14.7 Å². The highest BCUT2D eigenvalue weighted by atomic mass is 16.5. The van der Waals surface area contributed by atoms with Crippen LogP contribution in [0.25, 0.3) is 0 Å². The number of amides is 2. The highest BCUT2D eigenvalue weighted by molar-refractivity contribution is 5.87. The summed E-state index contributed by atoms with van der Waals surface area (Å²) in [5, 5.41) is 15.9. The molecule has 5 N–H and O–H groups in total. The lowest BCUT2D eigenvalue weighted by Gasteiger charge is -2.18. The first kappa shape index (κ1) is 22.3. The summed E-state index contributed by atoms with van der Waals surface area (Å²) in [7, 11) is 1.34. The maximum absolute atomic E-state index is 11.8. The number of hydrazone groups is 1. The van der Waals surface area contributed by atoms with E-state index in [4.69, 9.17) is 10.5 Å². The minimum absolute atomic E-state index is 0.0781. The van der Waals surface area contributed by atoms with Crippen molar-refractivity contribution >= 4 is 18.2 Å². The van der Waals surface area contributed by atoms with Crippen LogP contribution in [-0.4, -0.2) is 49.1 Å². The number of ether oxygens (including phenoxy) is 1. The summed E-state index contributed by atoms with van der Waals surface area (Å²) in [6, 6.07) is 8.58. The van der Waals surface area contributed by atoms with Crippen LogP contribution >= 0.6 is 0 Å². The van der Waals surface area contributed by atoms with E-state index in [0.717, 1.165) is 5.56 Å². The lowest BCUT2D eigenvalue weighted by Crippen LogP contribution is -2.48. The molecule has 0 heterocycles. The van der Waals surface area contributed by atoms with Crippen molar-refractivity contribution in [3.8, 4) is 0 Å². The first-order valence-electron chi connectivity index (χ1n) is 7.62. The second-order valence-electron chi connectivity index (χ2n) is 4.88. The Labute approximate surface area is 147 Å². The maximum Gasteiger partial charge on any atom is 0.250 e. The van der Waals surface area contributed by atoms with Crippen molar-refractivity contribution in [3.63, 3.8) is 0 Å². The molecule has 1 aromatic rings. The molecule has 1 aromatic carbocycles. The molecule has 8 nitrogen and oxygen atoms in total. The fourth-order valence-electron chi connectivity index (χ4n) is 1.72. The Morgan fingerprint density at radius 3 is 2.56 bits per heavy atom. The zero-order chi connectivity index (χ0) is 19.1. The summed E-state index contributed by atoms with van der Waals surface area (Å²) >= 11 is 0. The van der Waals surface area contributed by atoms with Gasteiger partial charge in [0.1, 0.15) is 6.10 Å². The quantitative estimate of drug-likeness (QED) is 0.172. The smallest absolute Gasteiger partial charge is 0.250 e. The maximum atomic E-state index is 11.8. The van der Waals surface area contributed by atoms with Crippen LogP contribution in [0.5, 0.6) is 0 Å². The molecule has 0 aliphatic carbocycles. The molecule has 0 aromatic heterocycles. The Kier molecular flexibility index (Phi) is 12.2. The van der Waals surface area contributed by atoms with Crippen molar-refractivity contribution < 1.29 is 19.4 Å². The second kappa shape index (κ2) is 13.7. The molecular formula is C17H26N4O4. The molecule has 0 radical (unpaired) electrons. The number of rotatable bonds is 8. The van der Waals surface area contributed by atoms with E-state index in [1.54, 1.807) is 6.08 Å². The summed E-state index contributed by atoms with van der Waals surface area (Å²) in [6.45, 7) is 5.17. The molecule has 0 aliphatic rings. The van der Waals surface area contributed by atoms with Crippen LogP contribution < -0.4 is 16.5 Å². The van der Waals surface area contributed by atoms with E-state index in [2.05, 4.69) is 22.4 Å². The van der Waals surface area contributed by atoms with Gasteiger partial charge >= 0.3 is 0 Å². The Morgan fingerprint density at radius 1 is 1.44 bits per heavy atom. The molecule has 8 heteroatoms. The topological polar surface area (TPSA) is 126 Å². The summed E-state index contributed by atoms with van der Waals surface area (Å²) in [4.78, 5) is 21.9. The predicted octanol–water partition coefficient (Wildman–Crippen LogP) is -0.0683. The molecular weight excluding hydrogens is 324 g/mol. The minimum atomic E-state index is -1.36. The number of benzene rings is 1. The Balaban J connectivity index is 0.00000178. The number of allylic oxidation sites excluding steroid dienone is 1. The van der Waals surface area contributed by atoms with E-state index in [1.807, 2.05) is 37.3 Å². The van der Waals surface area contributed by atoms with E-state index in [1.165, 1.54) is 7.11 Å². The average molecular weight is 350 g/mol. The fraction of sp³-hybridized carbons (Fsp3) is 0.353. The third-order valence-electron chi connectivity index (χ3n) is 2.88. The lowest BCUT2D eigenvalue weighted by molar-refractivity contribution is -0.130. The van der Waals surface area contributed by atoms with Crippen LogP contribution in [0.3, 0.4) is 0 Å². The zero-order valence-corrected chi connectivity index (χ0v) is 14.5. The van der Waals surface area contributed by atoms with Gasteiger partial charge in [-0.25, -0.2) is 5.43 Å². The number of carbonyl (C=O) groups is 2. The molecule has 0 saturated carbocycles. The molecule has 1 unspecified atom stereocenters. The van der Waals surface area contributed by atoms with Gasteiger partial charge in [-0.15, -0.1) is 11.7 Å². The molecule has 0 fully saturated rings. The molecule has 2 amide bonds. The normalized spacial score (nSPS) is 12.7. The average Bonchev–Trinajstić information content (AvgIpc) is 2.62. The van der Waals surface area contributed by atoms with E-state index < -0.39 is 18.1 Å². The van der Waals surface area contributed by atoms with Crippen molar-refractivity contribution in [2.75, 3.05) is 13.7 Å². The summed E-state index contributed by atoms with van der Waals surface area (Å²) in [6.07, 6.45) is 1.12. The SMILES string of the molecule is C=CC.CO/C(CNC(=O)[C@@H](O)C(N)Cc1ccccc1)=N\NC=O. The summed E-state index contributed by atoms with van der Waals surface area (Å²) in [5.41, 5.74) is 8.82. The molecule has 25 heavy (non-hydrogen) atoms. The number of nitrogens with two attached hydrogens (primary N) is 1. The molecule has 0 saturated heterocycles. The summed E-state index contributed by atoms with van der Waals surface area (Å²) < 4.78 is 4.84. The Hall–Kier alpha value is -2.71. The molecule has 0 spiro atoms. The van der Waals surface area contributed by atoms with Crippen LogP contribution in [0.1, 0.15) is 12.5 Å². The van der Waals surface area contributed by atoms with Gasteiger partial charge in [-0.2, -0.15) is 0 Å². The predicted molar refractivity (Wildman–Crippen MR) is 96.7 cm³/mol. The van der Waals surface area contributed by atoms with Crippen LogP contribution in [0.15, 0.2) is 48.1 Å². The number of aliphatic hydroxyl groups excluding tert-OH is 1. The third-order valence-corrected chi connectivity index (χ3v) is 2.88. The van der Waals surface area contributed by atoms with E-state index in [0.29, 0.717) is 12.8 Å².